The first kappa shape index (κ1) is 10.6. The highest BCUT2D eigenvalue weighted by atomic mass is 16.4. The van der Waals surface area contributed by atoms with Crippen LogP contribution in [-0.4, -0.2) is 10.2 Å². The van der Waals surface area contributed by atoms with Crippen molar-refractivity contribution in [1.82, 2.24) is 10.2 Å². The number of nitrogens with zero attached hydrogens (tertiary/aromatic N) is 2. The monoisotopic (exact) mass is 218 g/mol. The third-order valence-corrected chi connectivity index (χ3v) is 2.10. The molecular formula is C11H14N4O. The van der Waals surface area contributed by atoms with Gasteiger partial charge in [-0.05, 0) is 31.5 Å². The molecule has 0 aliphatic rings. The molecule has 0 saturated heterocycles. The summed E-state index contributed by atoms with van der Waals surface area (Å²) in [7, 11) is 0. The van der Waals surface area contributed by atoms with Crippen LogP contribution in [0.1, 0.15) is 24.4 Å². The number of hydrogen-bond acceptors (Lipinski definition) is 5. The molecule has 2 aromatic rings. The lowest BCUT2D eigenvalue weighted by atomic mass is 10.2. The Hall–Kier alpha value is -1.88. The molecule has 0 saturated carbocycles. The molecule has 0 fully saturated rings. The van der Waals surface area contributed by atoms with Crippen LogP contribution in [-0.2, 0) is 0 Å². The fourth-order valence-corrected chi connectivity index (χ4v) is 1.32. The molecule has 5 nitrogen and oxygen atoms in total. The number of benzene rings is 1. The van der Waals surface area contributed by atoms with Crippen molar-refractivity contribution in [3.63, 3.8) is 0 Å². The van der Waals surface area contributed by atoms with Crippen molar-refractivity contribution in [2.45, 2.75) is 19.9 Å². The van der Waals surface area contributed by atoms with Crippen LogP contribution in [0.2, 0.25) is 0 Å². The molecule has 5 heteroatoms. The molecule has 84 valence electrons. The minimum Gasteiger partial charge on any atom is -0.406 e. The maximum absolute atomic E-state index is 5.62. The number of hydrogen-bond donors (Lipinski definition) is 2. The maximum Gasteiger partial charge on any atom is 0.320 e. The Bertz CT molecular complexity index is 478. The smallest absolute Gasteiger partial charge is 0.320 e. The first-order valence-corrected chi connectivity index (χ1v) is 5.08. The number of nitrogens with two attached hydrogens (primary N) is 1. The summed E-state index contributed by atoms with van der Waals surface area (Å²) in [4.78, 5) is 0. The second kappa shape index (κ2) is 4.32. The molecule has 1 aromatic carbocycles. The van der Waals surface area contributed by atoms with Crippen molar-refractivity contribution in [1.29, 1.82) is 0 Å². The predicted octanol–water partition coefficient (Wildman–Crippen LogP) is 2.14. The summed E-state index contributed by atoms with van der Waals surface area (Å²) in [6.07, 6.45) is 0. The van der Waals surface area contributed by atoms with Gasteiger partial charge in [-0.1, -0.05) is 17.2 Å². The van der Waals surface area contributed by atoms with Gasteiger partial charge in [-0.25, -0.2) is 0 Å². The van der Waals surface area contributed by atoms with Gasteiger partial charge in [0.1, 0.15) is 0 Å². The Morgan fingerprint density at radius 3 is 2.81 bits per heavy atom. The van der Waals surface area contributed by atoms with E-state index in [1.807, 2.05) is 31.2 Å². The summed E-state index contributed by atoms with van der Waals surface area (Å²) >= 11 is 0. The van der Waals surface area contributed by atoms with E-state index in [2.05, 4.69) is 15.5 Å². The lowest BCUT2D eigenvalue weighted by molar-refractivity contribution is 0.475. The molecule has 0 spiro atoms. The van der Waals surface area contributed by atoms with Crippen LogP contribution in [0, 0.1) is 6.92 Å². The molecule has 0 radical (unpaired) electrons. The van der Waals surface area contributed by atoms with Crippen molar-refractivity contribution in [3.8, 4) is 0 Å². The van der Waals surface area contributed by atoms with Gasteiger partial charge in [-0.15, -0.1) is 5.10 Å². The van der Waals surface area contributed by atoms with Crippen molar-refractivity contribution in [2.24, 2.45) is 5.73 Å². The second-order valence-corrected chi connectivity index (χ2v) is 3.73. The molecule has 1 atom stereocenters. The number of aromatic nitrogens is 2. The van der Waals surface area contributed by atoms with Crippen LogP contribution >= 0.6 is 0 Å². The van der Waals surface area contributed by atoms with Crippen LogP contribution in [0.5, 0.6) is 0 Å². The van der Waals surface area contributed by atoms with Crippen LogP contribution in [0.25, 0.3) is 0 Å². The van der Waals surface area contributed by atoms with Gasteiger partial charge in [0, 0.05) is 5.69 Å². The Kier molecular flexibility index (Phi) is 2.87. The molecule has 2 rings (SSSR count). The molecule has 1 unspecified atom stereocenters. The highest BCUT2D eigenvalue weighted by Gasteiger charge is 2.09. The van der Waals surface area contributed by atoms with Gasteiger partial charge in [0.25, 0.3) is 0 Å². The molecule has 1 heterocycles. The molecule has 0 bridgehead atoms. The van der Waals surface area contributed by atoms with E-state index in [-0.39, 0.29) is 6.04 Å². The summed E-state index contributed by atoms with van der Waals surface area (Å²) in [5, 5.41) is 10.7. The summed E-state index contributed by atoms with van der Waals surface area (Å²) in [5.41, 5.74) is 7.70. The van der Waals surface area contributed by atoms with Gasteiger partial charge in [0.2, 0.25) is 5.89 Å². The Morgan fingerprint density at radius 2 is 2.19 bits per heavy atom. The average Bonchev–Trinajstić information content (AvgIpc) is 2.66. The zero-order valence-corrected chi connectivity index (χ0v) is 9.27. The van der Waals surface area contributed by atoms with E-state index in [9.17, 15) is 0 Å². The van der Waals surface area contributed by atoms with Crippen molar-refractivity contribution in [3.05, 3.63) is 35.7 Å². The van der Waals surface area contributed by atoms with E-state index >= 15 is 0 Å². The van der Waals surface area contributed by atoms with Crippen molar-refractivity contribution >= 4 is 11.7 Å². The van der Waals surface area contributed by atoms with E-state index in [4.69, 9.17) is 10.2 Å². The minimum absolute atomic E-state index is 0.249. The molecule has 3 N–H and O–H groups in total. The van der Waals surface area contributed by atoms with Crippen LogP contribution in [0.3, 0.4) is 0 Å². The topological polar surface area (TPSA) is 77.0 Å². The molecule has 0 amide bonds. The van der Waals surface area contributed by atoms with Gasteiger partial charge >= 0.3 is 6.01 Å². The third-order valence-electron chi connectivity index (χ3n) is 2.10. The lowest BCUT2D eigenvalue weighted by Gasteiger charge is -2.01. The molecule has 16 heavy (non-hydrogen) atoms. The SMILES string of the molecule is Cc1cccc(Nc2nnc(C(C)N)o2)c1. The largest absolute Gasteiger partial charge is 0.406 e. The Balaban J connectivity index is 2.14. The van der Waals surface area contributed by atoms with Gasteiger partial charge < -0.3 is 15.5 Å². The zero-order valence-electron chi connectivity index (χ0n) is 9.27. The van der Waals surface area contributed by atoms with E-state index in [0.717, 1.165) is 11.3 Å². The fraction of sp³-hybridized carbons (Fsp3) is 0.273. The van der Waals surface area contributed by atoms with E-state index in [1.54, 1.807) is 6.92 Å². The van der Waals surface area contributed by atoms with E-state index in [1.165, 1.54) is 0 Å². The minimum atomic E-state index is -0.249. The van der Waals surface area contributed by atoms with Gasteiger partial charge in [-0.3, -0.25) is 0 Å². The number of aryl methyl sites for hydroxylation is 1. The predicted molar refractivity (Wildman–Crippen MR) is 61.4 cm³/mol. The van der Waals surface area contributed by atoms with Crippen LogP contribution in [0.15, 0.2) is 28.7 Å². The first-order chi connectivity index (χ1) is 7.65. The van der Waals surface area contributed by atoms with Crippen molar-refractivity contribution in [2.75, 3.05) is 5.32 Å². The summed E-state index contributed by atoms with van der Waals surface area (Å²) in [6.45, 7) is 3.82. The fourth-order valence-electron chi connectivity index (χ4n) is 1.32. The highest BCUT2D eigenvalue weighted by Crippen LogP contribution is 2.17. The van der Waals surface area contributed by atoms with Gasteiger partial charge in [-0.2, -0.15) is 0 Å². The Morgan fingerprint density at radius 1 is 1.38 bits per heavy atom. The summed E-state index contributed by atoms with van der Waals surface area (Å²) < 4.78 is 5.33. The molecular weight excluding hydrogens is 204 g/mol. The molecule has 1 aromatic heterocycles. The normalized spacial score (nSPS) is 12.4. The van der Waals surface area contributed by atoms with Gasteiger partial charge in [0.05, 0.1) is 6.04 Å². The van der Waals surface area contributed by atoms with Crippen LogP contribution in [0.4, 0.5) is 11.7 Å². The number of anilines is 2. The quantitative estimate of drug-likeness (QED) is 0.825. The number of rotatable bonds is 3. The Labute approximate surface area is 93.7 Å². The van der Waals surface area contributed by atoms with Gasteiger partial charge in [0.15, 0.2) is 0 Å². The van der Waals surface area contributed by atoms with E-state index < -0.39 is 0 Å². The average molecular weight is 218 g/mol. The van der Waals surface area contributed by atoms with Crippen molar-refractivity contribution < 1.29 is 4.42 Å². The maximum atomic E-state index is 5.62. The summed E-state index contributed by atoms with van der Waals surface area (Å²) in [6, 6.07) is 8.02. The lowest BCUT2D eigenvalue weighted by Crippen LogP contribution is -2.04. The zero-order chi connectivity index (χ0) is 11.5. The molecule has 0 aliphatic carbocycles. The second-order valence-electron chi connectivity index (χ2n) is 3.73. The third kappa shape index (κ3) is 2.38. The van der Waals surface area contributed by atoms with Crippen LogP contribution < -0.4 is 11.1 Å². The summed E-state index contributed by atoms with van der Waals surface area (Å²) in [5.74, 6) is 0.426. The highest BCUT2D eigenvalue weighted by molar-refractivity contribution is 5.52. The first-order valence-electron chi connectivity index (χ1n) is 5.08. The van der Waals surface area contributed by atoms with E-state index in [0.29, 0.717) is 11.9 Å². The molecule has 0 aliphatic heterocycles. The standard InChI is InChI=1S/C11H14N4O/c1-7-4-3-5-9(6-7)13-11-15-14-10(16-11)8(2)12/h3-6,8H,12H2,1-2H3,(H,13,15). The number of nitrogens with one attached hydrogen (secondary N) is 1.